The summed E-state index contributed by atoms with van der Waals surface area (Å²) < 4.78 is 27.8. The Morgan fingerprint density at radius 1 is 1.08 bits per heavy atom. The Kier molecular flexibility index (Phi) is 4.03. The van der Waals surface area contributed by atoms with Crippen molar-refractivity contribution in [3.8, 4) is 5.82 Å². The average molecular weight is 329 g/mol. The molecule has 0 spiro atoms. The third-order valence-electron chi connectivity index (χ3n) is 3.30. The van der Waals surface area contributed by atoms with Crippen LogP contribution in [0, 0.1) is 25.5 Å². The Morgan fingerprint density at radius 2 is 1.88 bits per heavy atom. The molecule has 2 aromatic heterocycles. The van der Waals surface area contributed by atoms with Crippen LogP contribution in [0.2, 0.25) is 0 Å². The molecule has 0 aliphatic heterocycles. The third-order valence-corrected chi connectivity index (χ3v) is 3.30. The molecule has 3 rings (SSSR count). The first kappa shape index (κ1) is 15.7. The second-order valence-electron chi connectivity index (χ2n) is 5.18. The summed E-state index contributed by atoms with van der Waals surface area (Å²) in [7, 11) is 0. The van der Waals surface area contributed by atoms with Crippen molar-refractivity contribution in [2.24, 2.45) is 0 Å². The van der Waals surface area contributed by atoms with Crippen molar-refractivity contribution >= 4 is 11.7 Å². The maximum atomic E-state index is 13.2. The number of rotatable bonds is 3. The summed E-state index contributed by atoms with van der Waals surface area (Å²) in [5, 5.41) is 6.82. The monoisotopic (exact) mass is 329 g/mol. The van der Waals surface area contributed by atoms with Gasteiger partial charge in [0.05, 0.1) is 5.69 Å². The Hall–Kier alpha value is -3.16. The number of halogens is 2. The zero-order valence-corrected chi connectivity index (χ0v) is 12.9. The highest BCUT2D eigenvalue weighted by molar-refractivity contribution is 6.03. The zero-order chi connectivity index (χ0) is 17.3. The quantitative estimate of drug-likeness (QED) is 0.802. The molecule has 0 aliphatic carbocycles. The van der Waals surface area contributed by atoms with Gasteiger partial charge >= 0.3 is 0 Å². The summed E-state index contributed by atoms with van der Waals surface area (Å²) in [6.07, 6.45) is 1.28. The Balaban J connectivity index is 1.85. The van der Waals surface area contributed by atoms with E-state index in [0.29, 0.717) is 5.82 Å². The fourth-order valence-electron chi connectivity index (χ4n) is 2.22. The first-order valence-corrected chi connectivity index (χ1v) is 7.06. The van der Waals surface area contributed by atoms with E-state index in [4.69, 9.17) is 0 Å². The Bertz CT molecular complexity index is 923. The SMILES string of the molecule is Cc1cc(C)n(-c2cc(NC(=O)c3ccc(F)c(F)c3)ncn2)n1. The van der Waals surface area contributed by atoms with E-state index in [2.05, 4.69) is 20.4 Å². The van der Waals surface area contributed by atoms with E-state index in [-0.39, 0.29) is 11.4 Å². The van der Waals surface area contributed by atoms with E-state index in [1.165, 1.54) is 18.5 Å². The molecule has 8 heteroatoms. The number of nitrogens with one attached hydrogen (secondary N) is 1. The number of anilines is 1. The lowest BCUT2D eigenvalue weighted by Gasteiger charge is -2.07. The summed E-state index contributed by atoms with van der Waals surface area (Å²) in [5.41, 5.74) is 1.70. The van der Waals surface area contributed by atoms with Crippen molar-refractivity contribution in [2.75, 3.05) is 5.32 Å². The van der Waals surface area contributed by atoms with Crippen LogP contribution in [0.4, 0.5) is 14.6 Å². The van der Waals surface area contributed by atoms with Gasteiger partial charge in [0.15, 0.2) is 17.5 Å². The van der Waals surface area contributed by atoms with Gasteiger partial charge in [-0.15, -0.1) is 0 Å². The molecule has 24 heavy (non-hydrogen) atoms. The van der Waals surface area contributed by atoms with Crippen LogP contribution in [0.5, 0.6) is 0 Å². The van der Waals surface area contributed by atoms with Crippen molar-refractivity contribution in [1.29, 1.82) is 0 Å². The number of carbonyl (C=O) groups excluding carboxylic acids is 1. The fourth-order valence-corrected chi connectivity index (χ4v) is 2.22. The summed E-state index contributed by atoms with van der Waals surface area (Å²) in [5.74, 6) is -2.00. The maximum absolute atomic E-state index is 13.2. The van der Waals surface area contributed by atoms with Gasteiger partial charge in [-0.05, 0) is 38.1 Å². The Labute approximate surface area is 136 Å². The topological polar surface area (TPSA) is 72.7 Å². The van der Waals surface area contributed by atoms with Gasteiger partial charge in [0.2, 0.25) is 0 Å². The second kappa shape index (κ2) is 6.15. The van der Waals surface area contributed by atoms with E-state index < -0.39 is 17.5 Å². The molecule has 0 aliphatic rings. The van der Waals surface area contributed by atoms with E-state index in [1.54, 1.807) is 4.68 Å². The summed E-state index contributed by atoms with van der Waals surface area (Å²) in [6.45, 7) is 3.73. The first-order valence-electron chi connectivity index (χ1n) is 7.06. The van der Waals surface area contributed by atoms with Crippen LogP contribution in [0.1, 0.15) is 21.7 Å². The van der Waals surface area contributed by atoms with E-state index in [9.17, 15) is 13.6 Å². The maximum Gasteiger partial charge on any atom is 0.256 e. The lowest BCUT2D eigenvalue weighted by atomic mass is 10.2. The number of hydrogen-bond acceptors (Lipinski definition) is 4. The van der Waals surface area contributed by atoms with E-state index in [1.807, 2.05) is 19.9 Å². The molecule has 1 aromatic carbocycles. The van der Waals surface area contributed by atoms with Crippen LogP contribution in [-0.4, -0.2) is 25.7 Å². The molecule has 122 valence electrons. The second-order valence-corrected chi connectivity index (χ2v) is 5.18. The van der Waals surface area contributed by atoms with Crippen LogP contribution in [0.15, 0.2) is 36.7 Å². The van der Waals surface area contributed by atoms with Gasteiger partial charge in [0.25, 0.3) is 5.91 Å². The largest absolute Gasteiger partial charge is 0.306 e. The standard InChI is InChI=1S/C16H13F2N5O/c1-9-5-10(2)23(22-9)15-7-14(19-8-20-15)21-16(24)11-3-4-12(17)13(18)6-11/h3-8H,1-2H3,(H,19,20,21,24). The molecule has 0 fully saturated rings. The molecule has 0 radical (unpaired) electrons. The van der Waals surface area contributed by atoms with Crippen molar-refractivity contribution < 1.29 is 13.6 Å². The molecule has 3 aromatic rings. The summed E-state index contributed by atoms with van der Waals surface area (Å²) in [4.78, 5) is 20.2. The van der Waals surface area contributed by atoms with Gasteiger partial charge in [0.1, 0.15) is 12.1 Å². The summed E-state index contributed by atoms with van der Waals surface area (Å²) >= 11 is 0. The minimum atomic E-state index is -1.09. The van der Waals surface area contributed by atoms with Gasteiger partial charge in [-0.25, -0.2) is 23.4 Å². The number of aryl methyl sites for hydroxylation is 2. The number of hydrogen-bond donors (Lipinski definition) is 1. The normalized spacial score (nSPS) is 10.7. The van der Waals surface area contributed by atoms with Gasteiger partial charge in [-0.1, -0.05) is 0 Å². The van der Waals surface area contributed by atoms with E-state index >= 15 is 0 Å². The highest BCUT2D eigenvalue weighted by Crippen LogP contribution is 2.14. The van der Waals surface area contributed by atoms with Gasteiger partial charge < -0.3 is 5.32 Å². The molecule has 0 bridgehead atoms. The molecule has 0 saturated heterocycles. The van der Waals surface area contributed by atoms with Crippen molar-refractivity contribution in [2.45, 2.75) is 13.8 Å². The Morgan fingerprint density at radius 3 is 2.54 bits per heavy atom. The number of amides is 1. The smallest absolute Gasteiger partial charge is 0.256 e. The highest BCUT2D eigenvalue weighted by Gasteiger charge is 2.12. The van der Waals surface area contributed by atoms with Gasteiger partial charge in [-0.2, -0.15) is 5.10 Å². The molecule has 6 nitrogen and oxygen atoms in total. The molecule has 0 atom stereocenters. The highest BCUT2D eigenvalue weighted by atomic mass is 19.2. The molecular formula is C16H13F2N5O. The number of carbonyl (C=O) groups is 1. The van der Waals surface area contributed by atoms with E-state index in [0.717, 1.165) is 23.5 Å². The predicted octanol–water partition coefficient (Wildman–Crippen LogP) is 2.81. The molecule has 1 N–H and O–H groups in total. The molecular weight excluding hydrogens is 316 g/mol. The predicted molar refractivity (Wildman–Crippen MR) is 82.9 cm³/mol. The van der Waals surface area contributed by atoms with Crippen LogP contribution in [-0.2, 0) is 0 Å². The number of benzene rings is 1. The van der Waals surface area contributed by atoms with Crippen LogP contribution < -0.4 is 5.32 Å². The minimum Gasteiger partial charge on any atom is -0.306 e. The lowest BCUT2D eigenvalue weighted by molar-refractivity contribution is 0.102. The van der Waals surface area contributed by atoms with Crippen LogP contribution >= 0.6 is 0 Å². The first-order chi connectivity index (χ1) is 11.4. The molecule has 0 saturated carbocycles. The molecule has 1 amide bonds. The zero-order valence-electron chi connectivity index (χ0n) is 12.9. The van der Waals surface area contributed by atoms with Crippen molar-refractivity contribution in [3.05, 3.63) is 65.2 Å². The number of aromatic nitrogens is 4. The van der Waals surface area contributed by atoms with Crippen LogP contribution in [0.3, 0.4) is 0 Å². The number of nitrogens with zero attached hydrogens (tertiary/aromatic N) is 4. The van der Waals surface area contributed by atoms with Crippen LogP contribution in [0.25, 0.3) is 5.82 Å². The third kappa shape index (κ3) is 3.12. The van der Waals surface area contributed by atoms with Gasteiger partial charge in [0, 0.05) is 17.3 Å². The summed E-state index contributed by atoms with van der Waals surface area (Å²) in [6, 6.07) is 6.34. The molecule has 0 unspecified atom stereocenters. The van der Waals surface area contributed by atoms with Gasteiger partial charge in [-0.3, -0.25) is 4.79 Å². The van der Waals surface area contributed by atoms with Crippen molar-refractivity contribution in [1.82, 2.24) is 19.7 Å². The lowest BCUT2D eigenvalue weighted by Crippen LogP contribution is -2.14. The fraction of sp³-hybridized carbons (Fsp3) is 0.125. The molecule has 2 heterocycles. The minimum absolute atomic E-state index is 0.0137. The van der Waals surface area contributed by atoms with Crippen molar-refractivity contribution in [3.63, 3.8) is 0 Å². The average Bonchev–Trinajstić information content (AvgIpc) is 2.89.